The third-order valence-corrected chi connectivity index (χ3v) is 0. The Hall–Kier alpha value is 1.03. The van der Waals surface area contributed by atoms with E-state index in [-0.39, 0.29) is 27.3 Å². The summed E-state index contributed by atoms with van der Waals surface area (Å²) in [5, 5.41) is 0. The van der Waals surface area contributed by atoms with Crippen molar-refractivity contribution in [2.75, 3.05) is 0 Å². The molecular weight excluding hydrogens is 302 g/mol. The van der Waals surface area contributed by atoms with E-state index in [0.717, 1.165) is 0 Å². The predicted molar refractivity (Wildman–Crippen MR) is 13.4 cm³/mol. The van der Waals surface area contributed by atoms with Crippen molar-refractivity contribution in [1.29, 1.82) is 0 Å². The molecule has 1 radical (unpaired) electrons. The monoisotopic (exact) mass is 303 g/mol. The molecule has 0 aromatic rings. The third-order valence-electron chi connectivity index (χ3n) is 0. The summed E-state index contributed by atoms with van der Waals surface area (Å²) in [4.78, 5) is 25.6. The molecule has 0 aliphatic carbocycles. The first-order valence-corrected chi connectivity index (χ1v) is 2.19. The molecule has 0 saturated carbocycles. The molecule has 4 nitrogen and oxygen atoms in total. The van der Waals surface area contributed by atoms with E-state index in [2.05, 4.69) is 0 Å². The predicted octanol–water partition coefficient (Wildman–Crippen LogP) is -3.21. The van der Waals surface area contributed by atoms with E-state index in [1.807, 2.05) is 0 Å². The van der Waals surface area contributed by atoms with Gasteiger partial charge in [0, 0.05) is 0 Å². The van der Waals surface area contributed by atoms with Gasteiger partial charge in [0.05, 0.1) is 0 Å². The van der Waals surface area contributed by atoms with Gasteiger partial charge in [0.25, 0.3) is 0 Å². The Bertz CT molecular complexity index is 53.7. The summed E-state index contributed by atoms with van der Waals surface area (Å²) in [6.45, 7) is 0. The van der Waals surface area contributed by atoms with Crippen LogP contribution >= 0.6 is 7.82 Å². The molecule has 0 unspecified atom stereocenters. The first-order valence-electron chi connectivity index (χ1n) is 0.730. The Morgan fingerprint density at radius 3 is 1.17 bits per heavy atom. The van der Waals surface area contributed by atoms with E-state index in [0.29, 0.717) is 0 Å². The van der Waals surface area contributed by atoms with Gasteiger partial charge in [-0.2, -0.15) is 7.82 Å². The van der Waals surface area contributed by atoms with Crippen LogP contribution in [0.25, 0.3) is 0 Å². The summed E-state index contributed by atoms with van der Waals surface area (Å²) >= 11 is 0. The van der Waals surface area contributed by atoms with Gasteiger partial charge in [0.15, 0.2) is 0 Å². The quantitative estimate of drug-likeness (QED) is 0.348. The molecule has 0 aliphatic rings. The van der Waals surface area contributed by atoms with Gasteiger partial charge in [-0.3, -0.25) is 0 Å². The summed E-state index contributed by atoms with van der Waals surface area (Å²) in [6, 6.07) is 0. The van der Waals surface area contributed by atoms with Gasteiger partial charge >= 0.3 is 27.3 Å². The van der Waals surface area contributed by atoms with E-state index in [1.54, 1.807) is 0 Å². The smallest absolute Gasteiger partial charge is 0.822 e. The maximum atomic E-state index is 8.55. The summed E-state index contributed by atoms with van der Waals surface area (Å²) in [5.74, 6) is 0. The number of rotatable bonds is 0. The average molecular weight is 302 g/mol. The summed E-state index contributed by atoms with van der Waals surface area (Å²) in [5.41, 5.74) is 0. The van der Waals surface area contributed by atoms with Gasteiger partial charge in [-0.05, 0) is 0 Å². The summed E-state index contributed by atoms with van der Waals surface area (Å²) in [6.07, 6.45) is 0. The van der Waals surface area contributed by atoms with Crippen molar-refractivity contribution in [1.82, 2.24) is 0 Å². The molecule has 6 heavy (non-hydrogen) atoms. The minimum Gasteiger partial charge on any atom is -0.822 e. The van der Waals surface area contributed by atoms with E-state index in [4.69, 9.17) is 19.2 Å². The van der Waals surface area contributed by atoms with Gasteiger partial charge in [-0.15, -0.1) is 0 Å². The van der Waals surface area contributed by atoms with Crippen LogP contribution in [0.5, 0.6) is 0 Å². The Morgan fingerprint density at radius 2 is 1.17 bits per heavy atom. The van der Waals surface area contributed by atoms with Crippen molar-refractivity contribution >= 4 is 35.1 Å². The van der Waals surface area contributed by atoms with Gasteiger partial charge in [0.1, 0.15) is 0 Å². The molecule has 0 bridgehead atoms. The van der Waals surface area contributed by atoms with E-state index in [1.165, 1.54) is 0 Å². The summed E-state index contributed by atoms with van der Waals surface area (Å²) < 4.78 is 8.55. The normalized spacial score (nSPS) is 9.83. The topological polar surface area (TPSA) is 86.2 Å². The van der Waals surface area contributed by atoms with Crippen LogP contribution in [-0.4, -0.2) is 27.3 Å². The molecule has 0 N–H and O–H groups in total. The van der Waals surface area contributed by atoms with Gasteiger partial charge in [-0.25, -0.2) is 0 Å². The first-order chi connectivity index (χ1) is 2.00. The van der Waals surface area contributed by atoms with Crippen LogP contribution in [0.3, 0.4) is 0 Å². The molecule has 0 saturated heterocycles. The van der Waals surface area contributed by atoms with Crippen molar-refractivity contribution in [3.63, 3.8) is 0 Å². The maximum Gasteiger partial charge on any atom is 3.00 e. The fourth-order valence-electron chi connectivity index (χ4n) is 0. The molecule has 0 amide bonds. The fourth-order valence-corrected chi connectivity index (χ4v) is 0. The Morgan fingerprint density at radius 1 is 1.17 bits per heavy atom. The van der Waals surface area contributed by atoms with E-state index in [9.17, 15) is 0 Å². The minimum absolute atomic E-state index is 0. The van der Waals surface area contributed by atoms with Crippen LogP contribution in [0.2, 0.25) is 0 Å². The molecule has 0 fully saturated rings. The molecule has 0 aromatic heterocycles. The molecule has 33 valence electrons. The van der Waals surface area contributed by atoms with Gasteiger partial charge in [0.2, 0.25) is 0 Å². The van der Waals surface area contributed by atoms with Crippen LogP contribution in [0, 0.1) is 0 Å². The van der Waals surface area contributed by atoms with Crippen molar-refractivity contribution in [3.8, 4) is 0 Å². The Labute approximate surface area is 54.6 Å². The van der Waals surface area contributed by atoms with E-state index >= 15 is 0 Å². The fraction of sp³-hybridized carbons (Fsp3) is 0. The molecule has 0 aliphatic heterocycles. The second-order valence-electron chi connectivity index (χ2n) is 0.447. The SMILES string of the molecule is O=P([O-])([O-])[O-].[Pb+3]. The summed E-state index contributed by atoms with van der Waals surface area (Å²) in [7, 11) is -5.39. The Kier molecular flexibility index (Phi) is 5.20. The van der Waals surface area contributed by atoms with E-state index < -0.39 is 7.82 Å². The zero-order valence-electron chi connectivity index (χ0n) is 2.58. The minimum atomic E-state index is -5.39. The van der Waals surface area contributed by atoms with Crippen molar-refractivity contribution in [2.45, 2.75) is 0 Å². The number of phosphoric acid groups is 1. The van der Waals surface area contributed by atoms with Crippen molar-refractivity contribution < 1.29 is 19.2 Å². The molecule has 0 atom stereocenters. The molecule has 0 heterocycles. The zero-order chi connectivity index (χ0) is 4.50. The van der Waals surface area contributed by atoms with Gasteiger partial charge in [-0.1, -0.05) is 0 Å². The molecule has 0 spiro atoms. The second-order valence-corrected chi connectivity index (χ2v) is 1.34. The largest absolute Gasteiger partial charge is 3.00 e. The van der Waals surface area contributed by atoms with Crippen LogP contribution in [0.4, 0.5) is 0 Å². The number of hydrogen-bond acceptors (Lipinski definition) is 4. The maximum absolute atomic E-state index is 8.55. The van der Waals surface area contributed by atoms with Crippen LogP contribution in [0.15, 0.2) is 0 Å². The van der Waals surface area contributed by atoms with Gasteiger partial charge < -0.3 is 19.2 Å². The zero-order valence-corrected chi connectivity index (χ0v) is 7.36. The molecular formula is O4PPb. The Balaban J connectivity index is 0. The molecule has 0 rings (SSSR count). The first kappa shape index (κ1) is 10.1. The molecule has 0 aromatic carbocycles. The average Bonchev–Trinajstić information content (AvgIpc) is 0.722. The van der Waals surface area contributed by atoms with Crippen molar-refractivity contribution in [2.24, 2.45) is 0 Å². The third kappa shape index (κ3) is 76.8. The van der Waals surface area contributed by atoms with Crippen LogP contribution in [0.1, 0.15) is 0 Å². The van der Waals surface area contributed by atoms with Crippen molar-refractivity contribution in [3.05, 3.63) is 0 Å². The second kappa shape index (κ2) is 3.09. The van der Waals surface area contributed by atoms with Crippen LogP contribution in [-0.2, 0) is 4.57 Å². The van der Waals surface area contributed by atoms with Crippen LogP contribution < -0.4 is 14.7 Å². The molecule has 6 heteroatoms. The number of hydrogen-bond donors (Lipinski definition) is 0. The standard InChI is InChI=1S/H3O4P.Pb/c1-5(2,3)4;/h(H3,1,2,3,4);/q;+3/p-3.